The summed E-state index contributed by atoms with van der Waals surface area (Å²) >= 11 is 0. The van der Waals surface area contributed by atoms with Gasteiger partial charge in [-0.15, -0.1) is 0 Å². The van der Waals surface area contributed by atoms with Crippen molar-refractivity contribution in [2.75, 3.05) is 31.7 Å². The summed E-state index contributed by atoms with van der Waals surface area (Å²) in [5.74, 6) is -0.564. The molecule has 1 aliphatic heterocycles. The van der Waals surface area contributed by atoms with E-state index in [1.54, 1.807) is 13.1 Å². The van der Waals surface area contributed by atoms with Crippen molar-refractivity contribution in [3.8, 4) is 0 Å². The highest BCUT2D eigenvalue weighted by Crippen LogP contribution is 2.25. The molecule has 1 amide bonds. The molecule has 1 unspecified atom stereocenters. The third-order valence-corrected chi connectivity index (χ3v) is 3.20. The molecule has 104 valence electrons. The van der Waals surface area contributed by atoms with E-state index in [9.17, 15) is 14.3 Å². The van der Waals surface area contributed by atoms with E-state index in [4.69, 9.17) is 4.74 Å². The second kappa shape index (κ2) is 5.99. The van der Waals surface area contributed by atoms with E-state index in [1.807, 2.05) is 4.90 Å². The highest BCUT2D eigenvalue weighted by molar-refractivity contribution is 5.85. The van der Waals surface area contributed by atoms with Crippen LogP contribution in [0.3, 0.4) is 0 Å². The summed E-state index contributed by atoms with van der Waals surface area (Å²) in [4.78, 5) is 13.7. The first-order valence-corrected chi connectivity index (χ1v) is 6.12. The van der Waals surface area contributed by atoms with Gasteiger partial charge < -0.3 is 20.1 Å². The minimum atomic E-state index is -0.463. The Labute approximate surface area is 111 Å². The van der Waals surface area contributed by atoms with E-state index in [-0.39, 0.29) is 19.1 Å². The van der Waals surface area contributed by atoms with Gasteiger partial charge in [0.2, 0.25) is 5.91 Å². The average Bonchev–Trinajstić information content (AvgIpc) is 2.46. The predicted octanol–water partition coefficient (Wildman–Crippen LogP) is 0.269. The predicted molar refractivity (Wildman–Crippen MR) is 68.3 cm³/mol. The fraction of sp³-hybridized carbons (Fsp3) is 0.462. The van der Waals surface area contributed by atoms with E-state index < -0.39 is 11.9 Å². The van der Waals surface area contributed by atoms with Gasteiger partial charge in [0, 0.05) is 24.8 Å². The van der Waals surface area contributed by atoms with Crippen LogP contribution in [0.1, 0.15) is 5.56 Å². The van der Waals surface area contributed by atoms with Crippen molar-refractivity contribution in [1.29, 1.82) is 0 Å². The molecule has 0 aromatic heterocycles. The third-order valence-electron chi connectivity index (χ3n) is 3.20. The first kappa shape index (κ1) is 13.8. The molecule has 0 radical (unpaired) electrons. The van der Waals surface area contributed by atoms with Gasteiger partial charge in [-0.3, -0.25) is 4.79 Å². The third kappa shape index (κ3) is 2.85. The van der Waals surface area contributed by atoms with Crippen molar-refractivity contribution in [2.24, 2.45) is 0 Å². The molecule has 6 heteroatoms. The minimum absolute atomic E-state index is 0.159. The van der Waals surface area contributed by atoms with Crippen LogP contribution in [0.15, 0.2) is 18.2 Å². The van der Waals surface area contributed by atoms with Gasteiger partial charge >= 0.3 is 0 Å². The number of carbonyl (C=O) groups is 1. The van der Waals surface area contributed by atoms with E-state index >= 15 is 0 Å². The molecular weight excluding hydrogens is 251 g/mol. The van der Waals surface area contributed by atoms with Gasteiger partial charge in [0.15, 0.2) is 0 Å². The standard InChI is InChI=1S/C13H17FN2O3/c1-15-13(18)12-8-19-5-4-16(12)11-3-2-10(14)6-9(11)7-17/h2-3,6,12,17H,4-5,7-8H2,1H3,(H,15,18). The Morgan fingerprint density at radius 2 is 2.42 bits per heavy atom. The molecule has 0 spiro atoms. The fourth-order valence-corrected chi connectivity index (χ4v) is 2.24. The molecule has 1 aromatic rings. The number of aliphatic hydroxyl groups is 1. The van der Waals surface area contributed by atoms with E-state index in [2.05, 4.69) is 5.32 Å². The Bertz CT molecular complexity index is 467. The Morgan fingerprint density at radius 3 is 3.11 bits per heavy atom. The normalized spacial score (nSPS) is 19.3. The van der Waals surface area contributed by atoms with Gasteiger partial charge in [-0.2, -0.15) is 0 Å². The van der Waals surface area contributed by atoms with Crippen LogP contribution in [0.4, 0.5) is 10.1 Å². The zero-order valence-electron chi connectivity index (χ0n) is 10.7. The Morgan fingerprint density at radius 1 is 1.63 bits per heavy atom. The number of carbonyl (C=O) groups excluding carboxylic acids is 1. The number of aliphatic hydroxyl groups excluding tert-OH is 1. The van der Waals surface area contributed by atoms with Crippen LogP contribution in [0, 0.1) is 5.82 Å². The maximum Gasteiger partial charge on any atom is 0.244 e. The first-order valence-electron chi connectivity index (χ1n) is 6.12. The lowest BCUT2D eigenvalue weighted by molar-refractivity contribution is -0.124. The van der Waals surface area contributed by atoms with E-state index in [0.29, 0.717) is 24.4 Å². The maximum absolute atomic E-state index is 13.2. The zero-order chi connectivity index (χ0) is 13.8. The number of benzene rings is 1. The molecule has 5 nitrogen and oxygen atoms in total. The summed E-state index contributed by atoms with van der Waals surface area (Å²) in [6.07, 6.45) is 0. The fourth-order valence-electron chi connectivity index (χ4n) is 2.24. The number of rotatable bonds is 3. The summed E-state index contributed by atoms with van der Waals surface area (Å²) in [5.41, 5.74) is 1.14. The Balaban J connectivity index is 2.34. The molecule has 1 aromatic carbocycles. The van der Waals surface area contributed by atoms with Gasteiger partial charge in [0.1, 0.15) is 11.9 Å². The Kier molecular flexibility index (Phi) is 4.34. The Hall–Kier alpha value is -1.66. The monoisotopic (exact) mass is 268 g/mol. The number of nitrogens with one attached hydrogen (secondary N) is 1. The molecule has 1 saturated heterocycles. The molecule has 1 heterocycles. The van der Waals surface area contributed by atoms with Crippen LogP contribution < -0.4 is 10.2 Å². The molecule has 2 N–H and O–H groups in total. The molecule has 19 heavy (non-hydrogen) atoms. The average molecular weight is 268 g/mol. The van der Waals surface area contributed by atoms with Gasteiger partial charge in [0.25, 0.3) is 0 Å². The van der Waals surface area contributed by atoms with Gasteiger partial charge in [-0.1, -0.05) is 0 Å². The molecule has 1 aliphatic rings. The molecule has 1 atom stereocenters. The van der Waals surface area contributed by atoms with Crippen LogP contribution >= 0.6 is 0 Å². The summed E-state index contributed by atoms with van der Waals surface area (Å²) in [6, 6.07) is 3.73. The number of amides is 1. The summed E-state index contributed by atoms with van der Waals surface area (Å²) < 4.78 is 18.5. The second-order valence-electron chi connectivity index (χ2n) is 4.33. The van der Waals surface area contributed by atoms with Crippen molar-refractivity contribution in [3.05, 3.63) is 29.6 Å². The lowest BCUT2D eigenvalue weighted by Gasteiger charge is -2.37. The van der Waals surface area contributed by atoms with E-state index in [1.165, 1.54) is 12.1 Å². The number of morpholine rings is 1. The number of likely N-dealkylation sites (N-methyl/N-ethyl adjacent to an activating group) is 1. The van der Waals surface area contributed by atoms with Crippen molar-refractivity contribution in [2.45, 2.75) is 12.6 Å². The number of halogens is 1. The summed E-state index contributed by atoms with van der Waals surface area (Å²) in [5, 5.41) is 11.9. The number of anilines is 1. The zero-order valence-corrected chi connectivity index (χ0v) is 10.7. The summed E-state index contributed by atoms with van der Waals surface area (Å²) in [7, 11) is 1.56. The van der Waals surface area contributed by atoms with Gasteiger partial charge in [0.05, 0.1) is 19.8 Å². The van der Waals surface area contributed by atoms with Gasteiger partial charge in [-0.05, 0) is 18.2 Å². The molecule has 2 rings (SSSR count). The van der Waals surface area contributed by atoms with Crippen LogP contribution in [-0.4, -0.2) is 43.9 Å². The summed E-state index contributed by atoms with van der Waals surface area (Å²) in [6.45, 7) is 1.03. The molecule has 1 fully saturated rings. The highest BCUT2D eigenvalue weighted by Gasteiger charge is 2.30. The smallest absolute Gasteiger partial charge is 0.244 e. The number of hydrogen-bond acceptors (Lipinski definition) is 4. The molecule has 0 saturated carbocycles. The SMILES string of the molecule is CNC(=O)C1COCCN1c1ccc(F)cc1CO. The van der Waals surface area contributed by atoms with Crippen molar-refractivity contribution in [1.82, 2.24) is 5.32 Å². The van der Waals surface area contributed by atoms with Crippen LogP contribution in [0.2, 0.25) is 0 Å². The van der Waals surface area contributed by atoms with E-state index in [0.717, 1.165) is 0 Å². The minimum Gasteiger partial charge on any atom is -0.392 e. The number of hydrogen-bond donors (Lipinski definition) is 2. The van der Waals surface area contributed by atoms with Crippen molar-refractivity contribution >= 4 is 11.6 Å². The lowest BCUT2D eigenvalue weighted by Crippen LogP contribution is -2.53. The highest BCUT2D eigenvalue weighted by atomic mass is 19.1. The topological polar surface area (TPSA) is 61.8 Å². The van der Waals surface area contributed by atoms with Crippen LogP contribution in [0.25, 0.3) is 0 Å². The van der Waals surface area contributed by atoms with Gasteiger partial charge in [-0.25, -0.2) is 4.39 Å². The van der Waals surface area contributed by atoms with Crippen molar-refractivity contribution < 1.29 is 19.0 Å². The largest absolute Gasteiger partial charge is 0.392 e. The second-order valence-corrected chi connectivity index (χ2v) is 4.33. The molecule has 0 bridgehead atoms. The van der Waals surface area contributed by atoms with Crippen LogP contribution in [-0.2, 0) is 16.1 Å². The lowest BCUT2D eigenvalue weighted by atomic mass is 10.1. The first-order chi connectivity index (χ1) is 9.17. The molecular formula is C13H17FN2O3. The van der Waals surface area contributed by atoms with Crippen LogP contribution in [0.5, 0.6) is 0 Å². The van der Waals surface area contributed by atoms with Crippen molar-refractivity contribution in [3.63, 3.8) is 0 Å². The quantitative estimate of drug-likeness (QED) is 0.826. The molecule has 0 aliphatic carbocycles. The maximum atomic E-state index is 13.2. The number of ether oxygens (including phenoxy) is 1. The number of nitrogens with zero attached hydrogens (tertiary/aromatic N) is 1.